The molecule has 0 saturated heterocycles. The number of carbonyl (C=O) groups is 1. The van der Waals surface area contributed by atoms with E-state index in [1.165, 1.54) is 17.7 Å². The third kappa shape index (κ3) is 2.57. The topological polar surface area (TPSA) is 55.1 Å². The van der Waals surface area contributed by atoms with Crippen LogP contribution in [0.5, 0.6) is 0 Å². The summed E-state index contributed by atoms with van der Waals surface area (Å²) in [4.78, 5) is 16.9. The molecule has 0 unspecified atom stereocenters. The Hall–Kier alpha value is -2.20. The van der Waals surface area contributed by atoms with E-state index in [1.54, 1.807) is 0 Å². The van der Waals surface area contributed by atoms with Gasteiger partial charge in [-0.1, -0.05) is 37.6 Å². The van der Waals surface area contributed by atoms with Crippen molar-refractivity contribution in [3.05, 3.63) is 47.8 Å². The van der Waals surface area contributed by atoms with Crippen LogP contribution < -0.4 is 0 Å². The highest BCUT2D eigenvalue weighted by atomic mass is 16.3. The van der Waals surface area contributed by atoms with Crippen LogP contribution in [0.25, 0.3) is 16.7 Å². The summed E-state index contributed by atoms with van der Waals surface area (Å²) >= 11 is 0. The lowest BCUT2D eigenvalue weighted by Crippen LogP contribution is -2.50. The third-order valence-corrected chi connectivity index (χ3v) is 9.59. The van der Waals surface area contributed by atoms with Crippen molar-refractivity contribution in [2.24, 2.45) is 28.6 Å². The molecule has 4 nitrogen and oxygen atoms in total. The molecule has 4 aliphatic rings. The van der Waals surface area contributed by atoms with Crippen molar-refractivity contribution in [2.75, 3.05) is 0 Å². The number of aldehydes is 1. The van der Waals surface area contributed by atoms with Crippen molar-refractivity contribution < 1.29 is 9.90 Å². The second-order valence-electron chi connectivity index (χ2n) is 10.9. The number of rotatable bonds is 2. The van der Waals surface area contributed by atoms with Crippen LogP contribution in [0.2, 0.25) is 0 Å². The van der Waals surface area contributed by atoms with Gasteiger partial charge in [0.25, 0.3) is 0 Å². The van der Waals surface area contributed by atoms with Gasteiger partial charge in [0.15, 0.2) is 0 Å². The largest absolute Gasteiger partial charge is 0.393 e. The molecule has 1 aromatic heterocycles. The van der Waals surface area contributed by atoms with Crippen LogP contribution in [0.4, 0.5) is 0 Å². The Balaban J connectivity index is 1.42. The van der Waals surface area contributed by atoms with E-state index in [4.69, 9.17) is 0 Å². The third-order valence-electron chi connectivity index (χ3n) is 9.59. The van der Waals surface area contributed by atoms with Crippen LogP contribution in [0.3, 0.4) is 0 Å². The number of aromatic nitrogens is 2. The average Bonchev–Trinajstić information content (AvgIpc) is 3.31. The van der Waals surface area contributed by atoms with E-state index in [9.17, 15) is 9.90 Å². The van der Waals surface area contributed by atoms with E-state index in [-0.39, 0.29) is 16.9 Å². The average molecular weight is 417 g/mol. The first-order valence-electron chi connectivity index (χ1n) is 11.9. The summed E-state index contributed by atoms with van der Waals surface area (Å²) in [5.41, 5.74) is 5.96. The van der Waals surface area contributed by atoms with Gasteiger partial charge in [-0.15, -0.1) is 0 Å². The Kier molecular flexibility index (Phi) is 4.18. The second-order valence-corrected chi connectivity index (χ2v) is 10.9. The van der Waals surface area contributed by atoms with Crippen molar-refractivity contribution in [2.45, 2.75) is 64.9 Å². The minimum Gasteiger partial charge on any atom is -0.393 e. The van der Waals surface area contributed by atoms with Crippen molar-refractivity contribution >= 4 is 23.0 Å². The Labute approximate surface area is 184 Å². The molecule has 162 valence electrons. The summed E-state index contributed by atoms with van der Waals surface area (Å²) in [7, 11) is 0. The van der Waals surface area contributed by atoms with Crippen molar-refractivity contribution in [1.82, 2.24) is 9.55 Å². The van der Waals surface area contributed by atoms with Crippen molar-refractivity contribution in [3.8, 4) is 0 Å². The summed E-state index contributed by atoms with van der Waals surface area (Å²) in [5.74, 6) is 1.75. The number of allylic oxidation sites excluding steroid dienone is 3. The first kappa shape index (κ1) is 19.5. The van der Waals surface area contributed by atoms with Crippen molar-refractivity contribution in [1.29, 1.82) is 0 Å². The first-order chi connectivity index (χ1) is 15.0. The lowest BCUT2D eigenvalue weighted by Gasteiger charge is -2.57. The molecule has 4 aliphatic carbocycles. The molecule has 0 aliphatic heterocycles. The van der Waals surface area contributed by atoms with E-state index >= 15 is 0 Å². The number of aliphatic hydroxyl groups is 1. The molecule has 1 N–H and O–H groups in total. The Morgan fingerprint density at radius 2 is 1.90 bits per heavy atom. The highest BCUT2D eigenvalue weighted by molar-refractivity contribution is 5.90. The van der Waals surface area contributed by atoms with Gasteiger partial charge < -0.3 is 9.67 Å². The van der Waals surface area contributed by atoms with Crippen LogP contribution in [0.1, 0.15) is 58.8 Å². The van der Waals surface area contributed by atoms with E-state index in [1.807, 2.05) is 18.5 Å². The zero-order valence-electron chi connectivity index (χ0n) is 18.6. The van der Waals surface area contributed by atoms with E-state index in [2.05, 4.69) is 41.6 Å². The molecule has 6 atom stereocenters. The Morgan fingerprint density at radius 3 is 2.74 bits per heavy atom. The molecule has 1 aromatic carbocycles. The zero-order chi connectivity index (χ0) is 21.4. The summed E-state index contributed by atoms with van der Waals surface area (Å²) < 4.78 is 2.21. The lowest BCUT2D eigenvalue weighted by molar-refractivity contribution is -0.105. The summed E-state index contributed by atoms with van der Waals surface area (Å²) in [6.07, 6.45) is 12.5. The molecule has 0 bridgehead atoms. The molecule has 0 amide bonds. The molecule has 2 aromatic rings. The molecule has 2 saturated carbocycles. The summed E-state index contributed by atoms with van der Waals surface area (Å²) in [6, 6.07) is 8.24. The molecular formula is C27H32N2O2. The van der Waals surface area contributed by atoms with E-state index in [0.29, 0.717) is 17.8 Å². The Morgan fingerprint density at radius 1 is 1.10 bits per heavy atom. The van der Waals surface area contributed by atoms with Gasteiger partial charge in [-0.25, -0.2) is 4.98 Å². The lowest BCUT2D eigenvalue weighted by atomic mass is 9.48. The van der Waals surface area contributed by atoms with Crippen LogP contribution in [-0.4, -0.2) is 27.0 Å². The van der Waals surface area contributed by atoms with E-state index < -0.39 is 0 Å². The molecule has 0 radical (unpaired) electrons. The smallest absolute Gasteiger partial charge is 0.147 e. The maximum Gasteiger partial charge on any atom is 0.147 e. The minimum absolute atomic E-state index is 0.00321. The SMILES string of the molecule is C[C@]12CC[C@H](O)CC1=CC[C@@H]1[C@@H]2CC[C@]2(C)C(n3cnc4ccccc43)=C(C=O)C[C@@H]12. The molecule has 31 heavy (non-hydrogen) atoms. The predicted molar refractivity (Wildman–Crippen MR) is 122 cm³/mol. The number of hydrogen-bond donors (Lipinski definition) is 1. The van der Waals surface area contributed by atoms with Gasteiger partial charge in [0.1, 0.15) is 12.6 Å². The zero-order valence-corrected chi connectivity index (χ0v) is 18.6. The Bertz CT molecular complexity index is 1130. The van der Waals surface area contributed by atoms with Gasteiger partial charge in [0, 0.05) is 16.7 Å². The summed E-state index contributed by atoms with van der Waals surface area (Å²) in [5, 5.41) is 10.2. The maximum atomic E-state index is 12.3. The molecule has 1 heterocycles. The molecule has 6 rings (SSSR count). The van der Waals surface area contributed by atoms with Gasteiger partial charge in [0.05, 0.1) is 17.1 Å². The first-order valence-corrected chi connectivity index (χ1v) is 11.9. The molecule has 4 heteroatoms. The number of aliphatic hydroxyl groups excluding tert-OH is 1. The van der Waals surface area contributed by atoms with Crippen LogP contribution in [0, 0.1) is 28.6 Å². The fourth-order valence-corrected chi connectivity index (χ4v) is 8.00. The minimum atomic E-state index is -0.166. The van der Waals surface area contributed by atoms with Gasteiger partial charge >= 0.3 is 0 Å². The standard InChI is InChI=1S/C27H32N2O2/c1-26-11-9-19(31)14-18(26)7-8-20-21(26)10-12-27(2)22(20)13-17(15-30)25(27)29-16-28-23-5-3-4-6-24(23)29/h3-7,15-16,19-22,31H,8-14H2,1-2H3/t19-,20+,21-,22-,26-,27-/m0/s1. The summed E-state index contributed by atoms with van der Waals surface area (Å²) in [6.45, 7) is 4.86. The van der Waals surface area contributed by atoms with Crippen LogP contribution in [0.15, 0.2) is 47.8 Å². The van der Waals surface area contributed by atoms with Gasteiger partial charge in [0.2, 0.25) is 0 Å². The number of carbonyl (C=O) groups excluding carboxylic acids is 1. The molecule has 2 fully saturated rings. The van der Waals surface area contributed by atoms with E-state index in [0.717, 1.165) is 61.4 Å². The highest BCUT2D eigenvalue weighted by Crippen LogP contribution is 2.66. The normalized spacial score (nSPS) is 39.6. The highest BCUT2D eigenvalue weighted by Gasteiger charge is 2.58. The van der Waals surface area contributed by atoms with Crippen molar-refractivity contribution in [3.63, 3.8) is 0 Å². The molecule has 0 spiro atoms. The number of fused-ring (bicyclic) bond motifs is 6. The predicted octanol–water partition coefficient (Wildman–Crippen LogP) is 5.38. The van der Waals surface area contributed by atoms with Crippen LogP contribution in [-0.2, 0) is 4.79 Å². The monoisotopic (exact) mass is 416 g/mol. The molecular weight excluding hydrogens is 384 g/mol. The number of hydrogen-bond acceptors (Lipinski definition) is 3. The quantitative estimate of drug-likeness (QED) is 0.528. The number of imidazole rings is 1. The number of para-hydroxylation sites is 2. The fourth-order valence-electron chi connectivity index (χ4n) is 8.00. The van der Waals surface area contributed by atoms with Crippen LogP contribution >= 0.6 is 0 Å². The van der Waals surface area contributed by atoms with Gasteiger partial charge in [-0.05, 0) is 80.2 Å². The van der Waals surface area contributed by atoms with Gasteiger partial charge in [-0.3, -0.25) is 4.79 Å². The van der Waals surface area contributed by atoms with Gasteiger partial charge in [-0.2, -0.15) is 0 Å². The second kappa shape index (κ2) is 6.65. The maximum absolute atomic E-state index is 12.3. The number of nitrogens with zero attached hydrogens (tertiary/aromatic N) is 2. The fraction of sp³-hybridized carbons (Fsp3) is 0.556. The number of benzene rings is 1.